The molecule has 2 aromatic heterocycles. The fourth-order valence-corrected chi connectivity index (χ4v) is 3.64. The Bertz CT molecular complexity index is 1240. The van der Waals surface area contributed by atoms with Crippen LogP contribution in [0.3, 0.4) is 0 Å². The lowest BCUT2D eigenvalue weighted by molar-refractivity contribution is -0.111. The van der Waals surface area contributed by atoms with E-state index >= 15 is 0 Å². The Kier molecular flexibility index (Phi) is 5.98. The van der Waals surface area contributed by atoms with Gasteiger partial charge in [-0.3, -0.25) is 9.59 Å². The summed E-state index contributed by atoms with van der Waals surface area (Å²) in [7, 11) is 0. The molecule has 156 valence electrons. The largest absolute Gasteiger partial charge is 0.467 e. The van der Waals surface area contributed by atoms with Gasteiger partial charge >= 0.3 is 0 Å². The maximum atomic E-state index is 12.3. The maximum absolute atomic E-state index is 12.3. The Morgan fingerprint density at radius 1 is 1.06 bits per heavy atom. The first kappa shape index (κ1) is 20.2. The number of anilines is 1. The number of carbonyl (C=O) groups excluding carboxylic acids is 2. The molecule has 2 N–H and O–H groups in total. The highest BCUT2D eigenvalue weighted by Crippen LogP contribution is 2.34. The molecule has 1 aliphatic heterocycles. The van der Waals surface area contributed by atoms with Gasteiger partial charge in [-0.15, -0.1) is 0 Å². The van der Waals surface area contributed by atoms with Crippen LogP contribution in [-0.4, -0.2) is 16.9 Å². The molecule has 0 fully saturated rings. The second kappa shape index (κ2) is 9.17. The van der Waals surface area contributed by atoms with Gasteiger partial charge in [-0.25, -0.2) is 0 Å². The summed E-state index contributed by atoms with van der Waals surface area (Å²) in [4.78, 5) is 22.0. The molecule has 5 rings (SSSR count). The average molecular weight is 413 g/mol. The summed E-state index contributed by atoms with van der Waals surface area (Å²) in [5, 5.41) is 6.57. The van der Waals surface area contributed by atoms with Crippen molar-refractivity contribution in [1.29, 1.82) is 0 Å². The van der Waals surface area contributed by atoms with Gasteiger partial charge in [-0.1, -0.05) is 36.4 Å². The highest BCUT2D eigenvalue weighted by atomic mass is 16.3. The first-order valence-electron chi connectivity index (χ1n) is 10.1. The molecule has 0 atom stereocenters. The van der Waals surface area contributed by atoms with Crippen molar-refractivity contribution in [3.8, 4) is 0 Å². The van der Waals surface area contributed by atoms with Crippen molar-refractivity contribution >= 4 is 40.6 Å². The van der Waals surface area contributed by atoms with Crippen LogP contribution in [-0.2, 0) is 22.7 Å². The molecule has 6 nitrogen and oxygen atoms in total. The Morgan fingerprint density at radius 3 is 2.65 bits per heavy atom. The van der Waals surface area contributed by atoms with E-state index in [4.69, 9.17) is 4.42 Å². The van der Waals surface area contributed by atoms with Gasteiger partial charge in [0.1, 0.15) is 5.76 Å². The molecule has 1 aliphatic rings. The molecular formula is C25H23N3O3. The van der Waals surface area contributed by atoms with Crippen molar-refractivity contribution in [2.24, 2.45) is 0 Å². The molecule has 0 spiro atoms. The van der Waals surface area contributed by atoms with E-state index in [2.05, 4.69) is 40.5 Å². The SMILES string of the molecule is CCn1cc(/C=C2\C(=O)Nc3ccccc32)c2ccccc21.O=CNCc1ccco1. The van der Waals surface area contributed by atoms with Crippen LogP contribution < -0.4 is 10.6 Å². The number of para-hydroxylation sites is 2. The summed E-state index contributed by atoms with van der Waals surface area (Å²) in [6, 6.07) is 19.7. The van der Waals surface area contributed by atoms with Crippen molar-refractivity contribution in [3.63, 3.8) is 0 Å². The van der Waals surface area contributed by atoms with Gasteiger partial charge in [0.15, 0.2) is 0 Å². The number of benzene rings is 2. The van der Waals surface area contributed by atoms with Crippen LogP contribution >= 0.6 is 0 Å². The third-order valence-electron chi connectivity index (χ3n) is 5.11. The van der Waals surface area contributed by atoms with E-state index in [1.54, 1.807) is 18.4 Å². The van der Waals surface area contributed by atoms with Crippen LogP contribution in [0.15, 0.2) is 77.5 Å². The van der Waals surface area contributed by atoms with Crippen LogP contribution in [0.4, 0.5) is 5.69 Å². The van der Waals surface area contributed by atoms with Gasteiger partial charge in [-0.2, -0.15) is 0 Å². The lowest BCUT2D eigenvalue weighted by Crippen LogP contribution is -2.08. The van der Waals surface area contributed by atoms with Crippen molar-refractivity contribution < 1.29 is 14.0 Å². The van der Waals surface area contributed by atoms with Crippen LogP contribution in [0, 0.1) is 0 Å². The van der Waals surface area contributed by atoms with Crippen molar-refractivity contribution in [3.05, 3.63) is 90.0 Å². The number of rotatable bonds is 5. The van der Waals surface area contributed by atoms with Crippen molar-refractivity contribution in [2.45, 2.75) is 20.0 Å². The predicted molar refractivity (Wildman–Crippen MR) is 122 cm³/mol. The standard InChI is InChI=1S/C19H16N2O.C6H7NO2/c1-2-21-12-13(14-7-4-6-10-18(14)21)11-16-15-8-3-5-9-17(15)20-19(16)22;8-5-7-4-6-2-1-3-9-6/h3-12H,2H2,1H3,(H,20,22);1-3,5H,4H2,(H,7,8)/b16-11-;. The highest BCUT2D eigenvalue weighted by molar-refractivity contribution is 6.35. The zero-order valence-electron chi connectivity index (χ0n) is 17.2. The van der Waals surface area contributed by atoms with Crippen LogP contribution in [0.1, 0.15) is 23.8 Å². The zero-order chi connectivity index (χ0) is 21.6. The molecule has 0 unspecified atom stereocenters. The van der Waals surface area contributed by atoms with E-state index in [-0.39, 0.29) is 5.91 Å². The first-order chi connectivity index (χ1) is 15.2. The van der Waals surface area contributed by atoms with E-state index in [1.807, 2.05) is 42.5 Å². The second-order valence-corrected chi connectivity index (χ2v) is 7.02. The molecular weight excluding hydrogens is 390 g/mol. The molecule has 4 aromatic rings. The fourth-order valence-electron chi connectivity index (χ4n) is 3.64. The minimum absolute atomic E-state index is 0.0328. The maximum Gasteiger partial charge on any atom is 0.256 e. The summed E-state index contributed by atoms with van der Waals surface area (Å²) in [5.74, 6) is 0.733. The van der Waals surface area contributed by atoms with Crippen LogP contribution in [0.25, 0.3) is 22.6 Å². The number of furan rings is 1. The first-order valence-corrected chi connectivity index (χ1v) is 10.1. The van der Waals surface area contributed by atoms with Gasteiger partial charge < -0.3 is 19.6 Å². The molecule has 31 heavy (non-hydrogen) atoms. The van der Waals surface area contributed by atoms with Crippen molar-refractivity contribution in [1.82, 2.24) is 9.88 Å². The molecule has 0 saturated heterocycles. The number of aryl methyl sites for hydroxylation is 1. The lowest BCUT2D eigenvalue weighted by atomic mass is 10.0. The lowest BCUT2D eigenvalue weighted by Gasteiger charge is -1.98. The molecule has 0 saturated carbocycles. The minimum atomic E-state index is -0.0328. The molecule has 0 radical (unpaired) electrons. The van der Waals surface area contributed by atoms with E-state index < -0.39 is 0 Å². The number of hydrogen-bond donors (Lipinski definition) is 2. The van der Waals surface area contributed by atoms with E-state index in [1.165, 1.54) is 10.9 Å². The van der Waals surface area contributed by atoms with Crippen LogP contribution in [0.2, 0.25) is 0 Å². The molecule has 2 aromatic carbocycles. The molecule has 0 aliphatic carbocycles. The second-order valence-electron chi connectivity index (χ2n) is 7.02. The Balaban J connectivity index is 0.000000217. The number of aromatic nitrogens is 1. The number of nitrogens with one attached hydrogen (secondary N) is 2. The van der Waals surface area contributed by atoms with Crippen molar-refractivity contribution in [2.75, 3.05) is 5.32 Å². The monoisotopic (exact) mass is 413 g/mol. The Labute approximate surface area is 180 Å². The zero-order valence-corrected chi connectivity index (χ0v) is 17.2. The van der Waals surface area contributed by atoms with Gasteiger partial charge in [0.2, 0.25) is 6.41 Å². The quantitative estimate of drug-likeness (QED) is 0.368. The highest BCUT2D eigenvalue weighted by Gasteiger charge is 2.23. The summed E-state index contributed by atoms with van der Waals surface area (Å²) >= 11 is 0. The smallest absolute Gasteiger partial charge is 0.256 e. The van der Waals surface area contributed by atoms with E-state index in [0.717, 1.165) is 34.7 Å². The topological polar surface area (TPSA) is 76.3 Å². The average Bonchev–Trinajstić information content (AvgIpc) is 3.52. The van der Waals surface area contributed by atoms with Gasteiger partial charge in [0.25, 0.3) is 5.91 Å². The molecule has 6 heteroatoms. The normalized spacial score (nSPS) is 13.5. The summed E-state index contributed by atoms with van der Waals surface area (Å²) < 4.78 is 7.12. The third kappa shape index (κ3) is 4.28. The van der Waals surface area contributed by atoms with Gasteiger partial charge in [0, 0.05) is 46.0 Å². The summed E-state index contributed by atoms with van der Waals surface area (Å²) in [6.45, 7) is 3.50. The summed E-state index contributed by atoms with van der Waals surface area (Å²) in [5.41, 5.74) is 4.87. The van der Waals surface area contributed by atoms with E-state index in [9.17, 15) is 9.59 Å². The molecule has 0 bridgehead atoms. The Morgan fingerprint density at radius 2 is 1.87 bits per heavy atom. The summed E-state index contributed by atoms with van der Waals surface area (Å²) in [6.07, 6.45) is 6.33. The number of hydrogen-bond acceptors (Lipinski definition) is 3. The number of nitrogens with zero attached hydrogens (tertiary/aromatic N) is 1. The molecule has 2 amide bonds. The number of carbonyl (C=O) groups is 2. The van der Waals surface area contributed by atoms with E-state index in [0.29, 0.717) is 13.0 Å². The third-order valence-corrected chi connectivity index (χ3v) is 5.11. The van der Waals surface area contributed by atoms with Crippen LogP contribution in [0.5, 0.6) is 0 Å². The number of amides is 2. The Hall–Kier alpha value is -4.06. The van der Waals surface area contributed by atoms with Gasteiger partial charge in [-0.05, 0) is 37.3 Å². The fraction of sp³-hybridized carbons (Fsp3) is 0.120. The van der Waals surface area contributed by atoms with Gasteiger partial charge in [0.05, 0.1) is 12.8 Å². The molecule has 3 heterocycles. The predicted octanol–water partition coefficient (Wildman–Crippen LogP) is 4.68. The number of fused-ring (bicyclic) bond motifs is 2. The minimum Gasteiger partial charge on any atom is -0.467 e.